The number of carbonyl (C=O) groups is 1. The van der Waals surface area contributed by atoms with Crippen LogP contribution >= 0.6 is 0 Å². The molecule has 1 saturated carbocycles. The minimum atomic E-state index is -1.25. The quantitative estimate of drug-likeness (QED) is 0.316. The first-order chi connectivity index (χ1) is 16.3. The number of benzene rings is 2. The second-order valence-corrected chi connectivity index (χ2v) is 8.27. The van der Waals surface area contributed by atoms with Gasteiger partial charge in [0.2, 0.25) is 0 Å². The number of fused-ring (bicyclic) bond motifs is 1. The van der Waals surface area contributed by atoms with Crippen molar-refractivity contribution in [1.29, 1.82) is 0 Å². The molecule has 1 atom stereocenters. The highest BCUT2D eigenvalue weighted by Gasteiger charge is 2.23. The van der Waals surface area contributed by atoms with Crippen molar-refractivity contribution >= 4 is 28.8 Å². The summed E-state index contributed by atoms with van der Waals surface area (Å²) < 4.78 is 6.49. The number of aliphatic carboxylic acids is 1. The number of nitrogens with zero attached hydrogens (tertiary/aromatic N) is 4. The Hall–Kier alpha value is -4.08. The van der Waals surface area contributed by atoms with Gasteiger partial charge in [0.05, 0.1) is 22.0 Å². The SMILES string of the molecule is C[C@@H](Oc1ccc(C=Nn2c(C3CCCCC3)nc3ccccc3c2=O)cc1[N+](=O)[O-])C(=O)O. The Kier molecular flexibility index (Phi) is 6.67. The highest BCUT2D eigenvalue weighted by molar-refractivity contribution is 5.82. The molecule has 3 aromatic rings. The molecule has 1 N–H and O–H groups in total. The molecule has 0 amide bonds. The van der Waals surface area contributed by atoms with Crippen LogP contribution in [0.2, 0.25) is 0 Å². The molecule has 0 spiro atoms. The van der Waals surface area contributed by atoms with Gasteiger partial charge in [-0.25, -0.2) is 9.78 Å². The Morgan fingerprint density at radius 1 is 1.26 bits per heavy atom. The largest absolute Gasteiger partial charge is 0.479 e. The number of rotatable bonds is 7. The lowest BCUT2D eigenvalue weighted by molar-refractivity contribution is -0.386. The van der Waals surface area contributed by atoms with Crippen LogP contribution in [0.5, 0.6) is 5.75 Å². The number of nitro benzene ring substituents is 1. The molecule has 1 aliphatic rings. The van der Waals surface area contributed by atoms with E-state index in [2.05, 4.69) is 5.10 Å². The predicted molar refractivity (Wildman–Crippen MR) is 126 cm³/mol. The lowest BCUT2D eigenvalue weighted by Crippen LogP contribution is -2.25. The summed E-state index contributed by atoms with van der Waals surface area (Å²) in [5, 5.41) is 25.4. The molecule has 0 unspecified atom stereocenters. The fourth-order valence-electron chi connectivity index (χ4n) is 4.10. The van der Waals surface area contributed by atoms with E-state index in [1.165, 1.54) is 36.0 Å². The summed E-state index contributed by atoms with van der Waals surface area (Å²) in [5.74, 6) is -0.710. The van der Waals surface area contributed by atoms with Gasteiger partial charge in [0.25, 0.3) is 5.56 Å². The summed E-state index contributed by atoms with van der Waals surface area (Å²) in [5.41, 5.74) is 0.279. The number of ether oxygens (including phenoxy) is 1. The fraction of sp³-hybridized carbons (Fsp3) is 0.333. The van der Waals surface area contributed by atoms with Crippen LogP contribution in [0.1, 0.15) is 56.3 Å². The molecule has 0 aliphatic heterocycles. The number of nitro groups is 1. The molecule has 1 aromatic heterocycles. The van der Waals surface area contributed by atoms with Gasteiger partial charge in [-0.3, -0.25) is 14.9 Å². The number of aromatic nitrogens is 2. The normalized spacial score (nSPS) is 15.4. The fourth-order valence-corrected chi connectivity index (χ4v) is 4.10. The molecule has 34 heavy (non-hydrogen) atoms. The first-order valence-electron chi connectivity index (χ1n) is 11.1. The van der Waals surface area contributed by atoms with Crippen LogP contribution in [0, 0.1) is 10.1 Å². The molecule has 4 rings (SSSR count). The Balaban J connectivity index is 1.75. The Labute approximate surface area is 194 Å². The van der Waals surface area contributed by atoms with E-state index >= 15 is 0 Å². The van der Waals surface area contributed by atoms with Gasteiger partial charge in [-0.2, -0.15) is 9.78 Å². The second-order valence-electron chi connectivity index (χ2n) is 8.27. The van der Waals surface area contributed by atoms with Crippen molar-refractivity contribution in [1.82, 2.24) is 9.66 Å². The summed E-state index contributed by atoms with van der Waals surface area (Å²) >= 11 is 0. The average molecular weight is 464 g/mol. The van der Waals surface area contributed by atoms with E-state index in [1.807, 2.05) is 6.07 Å². The van der Waals surface area contributed by atoms with Crippen molar-refractivity contribution in [2.24, 2.45) is 5.10 Å². The molecular weight excluding hydrogens is 440 g/mol. The third-order valence-corrected chi connectivity index (χ3v) is 5.90. The number of hydrogen-bond acceptors (Lipinski definition) is 7. The third-order valence-electron chi connectivity index (χ3n) is 5.90. The summed E-state index contributed by atoms with van der Waals surface area (Å²) in [7, 11) is 0. The number of para-hydroxylation sites is 1. The molecule has 10 nitrogen and oxygen atoms in total. The van der Waals surface area contributed by atoms with Crippen LogP contribution in [-0.4, -0.2) is 38.0 Å². The number of hydrogen-bond donors (Lipinski definition) is 1. The zero-order valence-electron chi connectivity index (χ0n) is 18.6. The molecule has 0 radical (unpaired) electrons. The van der Waals surface area contributed by atoms with Gasteiger partial charge >= 0.3 is 11.7 Å². The molecule has 1 fully saturated rings. The standard InChI is InChI=1S/C24H24N4O6/c1-15(24(30)31)34-21-12-11-16(13-20(21)28(32)33)14-25-27-22(17-7-3-2-4-8-17)26-19-10-6-5-9-18(19)23(27)29/h5-6,9-15,17H,2-4,7-8H2,1H3,(H,30,31)/t15-/m1/s1. The van der Waals surface area contributed by atoms with Crippen molar-refractivity contribution in [3.8, 4) is 5.75 Å². The maximum atomic E-state index is 13.3. The molecule has 176 valence electrons. The van der Waals surface area contributed by atoms with Gasteiger partial charge in [0.15, 0.2) is 11.9 Å². The van der Waals surface area contributed by atoms with E-state index < -0.39 is 22.7 Å². The highest BCUT2D eigenvalue weighted by atomic mass is 16.6. The second kappa shape index (κ2) is 9.82. The van der Waals surface area contributed by atoms with E-state index in [9.17, 15) is 19.7 Å². The Morgan fingerprint density at radius 3 is 2.71 bits per heavy atom. The van der Waals surface area contributed by atoms with Crippen LogP contribution in [0.4, 0.5) is 5.69 Å². The van der Waals surface area contributed by atoms with Gasteiger partial charge in [-0.15, -0.1) is 0 Å². The van der Waals surface area contributed by atoms with Crippen molar-refractivity contribution in [3.05, 3.63) is 74.3 Å². The van der Waals surface area contributed by atoms with Crippen LogP contribution in [0.15, 0.2) is 52.4 Å². The molecule has 10 heteroatoms. The first kappa shape index (κ1) is 23.1. The Bertz CT molecular complexity index is 1330. The van der Waals surface area contributed by atoms with Crippen LogP contribution in [0.3, 0.4) is 0 Å². The van der Waals surface area contributed by atoms with Crippen molar-refractivity contribution in [2.75, 3.05) is 0 Å². The molecule has 1 heterocycles. The van der Waals surface area contributed by atoms with Crippen molar-refractivity contribution in [2.45, 2.75) is 51.0 Å². The topological polar surface area (TPSA) is 137 Å². The van der Waals surface area contributed by atoms with Crippen molar-refractivity contribution < 1.29 is 19.6 Å². The van der Waals surface area contributed by atoms with Crippen LogP contribution in [-0.2, 0) is 4.79 Å². The maximum Gasteiger partial charge on any atom is 0.344 e. The number of carboxylic acids is 1. The average Bonchev–Trinajstić information content (AvgIpc) is 2.84. The van der Waals surface area contributed by atoms with Crippen LogP contribution in [0.25, 0.3) is 10.9 Å². The maximum absolute atomic E-state index is 13.3. The molecular formula is C24H24N4O6. The molecule has 0 saturated heterocycles. The summed E-state index contributed by atoms with van der Waals surface area (Å²) in [6.45, 7) is 1.29. The van der Waals surface area contributed by atoms with Crippen molar-refractivity contribution in [3.63, 3.8) is 0 Å². The van der Waals surface area contributed by atoms with Gasteiger partial charge in [-0.05, 0) is 44.0 Å². The molecule has 0 bridgehead atoms. The Morgan fingerprint density at radius 2 is 2.00 bits per heavy atom. The minimum absolute atomic E-state index is 0.103. The van der Waals surface area contributed by atoms with E-state index in [0.29, 0.717) is 22.3 Å². The predicted octanol–water partition coefficient (Wildman–Crippen LogP) is 4.09. The molecule has 1 aliphatic carbocycles. The van der Waals surface area contributed by atoms with E-state index in [-0.39, 0.29) is 17.2 Å². The van der Waals surface area contributed by atoms with E-state index in [0.717, 1.165) is 32.1 Å². The summed E-state index contributed by atoms with van der Waals surface area (Å²) in [6, 6.07) is 11.2. The van der Waals surface area contributed by atoms with E-state index in [1.54, 1.807) is 18.2 Å². The monoisotopic (exact) mass is 464 g/mol. The summed E-state index contributed by atoms with van der Waals surface area (Å²) in [4.78, 5) is 39.9. The summed E-state index contributed by atoms with van der Waals surface area (Å²) in [6.07, 6.45) is 5.20. The smallest absolute Gasteiger partial charge is 0.344 e. The lowest BCUT2D eigenvalue weighted by Gasteiger charge is -2.22. The van der Waals surface area contributed by atoms with Gasteiger partial charge in [0, 0.05) is 17.5 Å². The molecule has 2 aromatic carbocycles. The highest BCUT2D eigenvalue weighted by Crippen LogP contribution is 2.32. The van der Waals surface area contributed by atoms with Gasteiger partial charge < -0.3 is 9.84 Å². The van der Waals surface area contributed by atoms with E-state index in [4.69, 9.17) is 14.8 Å². The zero-order chi connectivity index (χ0) is 24.2. The third kappa shape index (κ3) is 4.80. The van der Waals surface area contributed by atoms with Gasteiger partial charge in [0.1, 0.15) is 5.82 Å². The first-order valence-corrected chi connectivity index (χ1v) is 11.1. The minimum Gasteiger partial charge on any atom is -0.479 e. The lowest BCUT2D eigenvalue weighted by atomic mass is 9.88. The van der Waals surface area contributed by atoms with Crippen LogP contribution < -0.4 is 10.3 Å². The van der Waals surface area contributed by atoms with Gasteiger partial charge in [-0.1, -0.05) is 31.4 Å². The number of carboxylic acid groups (broad SMARTS) is 1. The zero-order valence-corrected chi connectivity index (χ0v) is 18.6.